The molecule has 0 amide bonds. The molecule has 0 saturated carbocycles. The molecule has 26 heavy (non-hydrogen) atoms. The number of thiocarbonyl (C=S) groups is 1. The fraction of sp³-hybridized carbons (Fsp3) is 0.0952. The largest absolute Gasteiger partial charge is 0.359 e. The molecule has 0 unspecified atom stereocenters. The number of hydrogen-bond acceptors (Lipinski definition) is 1. The van der Waals surface area contributed by atoms with Gasteiger partial charge in [0.15, 0.2) is 16.7 Å². The van der Waals surface area contributed by atoms with E-state index in [2.05, 4.69) is 10.6 Å². The average molecular weight is 368 g/mol. The molecule has 2 nitrogen and oxygen atoms in total. The maximum absolute atomic E-state index is 13.3. The number of nitrogens with one attached hydrogen (secondary N) is 2. The molecule has 132 valence electrons. The average Bonchev–Trinajstić information content (AvgIpc) is 2.68. The summed E-state index contributed by atoms with van der Waals surface area (Å²) in [6.45, 7) is 0.305. The third kappa shape index (κ3) is 4.64. The molecule has 0 atom stereocenters. The predicted molar refractivity (Wildman–Crippen MR) is 104 cm³/mol. The summed E-state index contributed by atoms with van der Waals surface area (Å²) in [5.41, 5.74) is 2.77. The number of halogens is 2. The van der Waals surface area contributed by atoms with Gasteiger partial charge in [-0.25, -0.2) is 8.78 Å². The standard InChI is InChI=1S/C21H18F2N2S/c22-18-12-11-15(13-19(18)23)14-24-21(26)25-20(16-7-3-1-4-8-16)17-9-5-2-6-10-17/h1-13,20H,14H2,(H2,24,25,26). The van der Waals surface area contributed by atoms with Crippen LogP contribution >= 0.6 is 12.2 Å². The third-order valence-electron chi connectivity index (χ3n) is 3.98. The molecule has 0 radical (unpaired) electrons. The first kappa shape index (κ1) is 18.0. The van der Waals surface area contributed by atoms with E-state index in [1.54, 1.807) is 0 Å². The van der Waals surface area contributed by atoms with Crippen molar-refractivity contribution in [1.82, 2.24) is 10.6 Å². The Balaban J connectivity index is 1.70. The smallest absolute Gasteiger partial charge is 0.167 e. The zero-order valence-corrected chi connectivity index (χ0v) is 14.8. The molecule has 0 saturated heterocycles. The molecule has 2 N–H and O–H groups in total. The highest BCUT2D eigenvalue weighted by Crippen LogP contribution is 2.21. The van der Waals surface area contributed by atoms with Gasteiger partial charge in [0.1, 0.15) is 0 Å². The van der Waals surface area contributed by atoms with Gasteiger partial charge in [0, 0.05) is 6.54 Å². The molecule has 0 aliphatic heterocycles. The van der Waals surface area contributed by atoms with Gasteiger partial charge in [-0.05, 0) is 41.0 Å². The Bertz CT molecular complexity index is 830. The normalized spacial score (nSPS) is 10.6. The summed E-state index contributed by atoms with van der Waals surface area (Å²) in [6, 6.07) is 23.6. The van der Waals surface area contributed by atoms with Crippen LogP contribution in [-0.2, 0) is 6.54 Å². The molecule has 5 heteroatoms. The van der Waals surface area contributed by atoms with Crippen LogP contribution in [0.25, 0.3) is 0 Å². The summed E-state index contributed by atoms with van der Waals surface area (Å²) in [5.74, 6) is -1.72. The van der Waals surface area contributed by atoms with Gasteiger partial charge < -0.3 is 10.6 Å². The molecule has 3 rings (SSSR count). The highest BCUT2D eigenvalue weighted by molar-refractivity contribution is 7.80. The van der Waals surface area contributed by atoms with E-state index >= 15 is 0 Å². The second kappa shape index (κ2) is 8.54. The summed E-state index contributed by atoms with van der Waals surface area (Å²) in [4.78, 5) is 0. The van der Waals surface area contributed by atoms with Crippen LogP contribution in [-0.4, -0.2) is 5.11 Å². The SMILES string of the molecule is Fc1ccc(CNC(=S)NC(c2ccccc2)c2ccccc2)cc1F. The highest BCUT2D eigenvalue weighted by Gasteiger charge is 2.14. The lowest BCUT2D eigenvalue weighted by Crippen LogP contribution is -2.37. The molecule has 3 aromatic carbocycles. The minimum atomic E-state index is -0.866. The molecule has 0 aromatic heterocycles. The maximum Gasteiger partial charge on any atom is 0.167 e. The van der Waals surface area contributed by atoms with Crippen molar-refractivity contribution in [3.63, 3.8) is 0 Å². The Hall–Kier alpha value is -2.79. The van der Waals surface area contributed by atoms with Crippen molar-refractivity contribution >= 4 is 17.3 Å². The number of rotatable bonds is 5. The summed E-state index contributed by atoms with van der Waals surface area (Å²) in [5, 5.41) is 6.78. The van der Waals surface area contributed by atoms with Gasteiger partial charge in [-0.2, -0.15) is 0 Å². The fourth-order valence-corrected chi connectivity index (χ4v) is 2.85. The number of benzene rings is 3. The van der Waals surface area contributed by atoms with Gasteiger partial charge in [-0.3, -0.25) is 0 Å². The molecular weight excluding hydrogens is 350 g/mol. The molecular formula is C21H18F2N2S. The van der Waals surface area contributed by atoms with Crippen LogP contribution in [0.5, 0.6) is 0 Å². The first-order valence-corrected chi connectivity index (χ1v) is 8.62. The Morgan fingerprint density at radius 1 is 0.808 bits per heavy atom. The Labute approximate surface area is 156 Å². The van der Waals surface area contributed by atoms with E-state index in [0.717, 1.165) is 23.3 Å². The van der Waals surface area contributed by atoms with E-state index in [1.165, 1.54) is 6.07 Å². The van der Waals surface area contributed by atoms with Crippen molar-refractivity contribution in [2.45, 2.75) is 12.6 Å². The Morgan fingerprint density at radius 2 is 1.38 bits per heavy atom. The van der Waals surface area contributed by atoms with Crippen LogP contribution in [0, 0.1) is 11.6 Å². The van der Waals surface area contributed by atoms with Crippen molar-refractivity contribution in [3.8, 4) is 0 Å². The molecule has 0 bridgehead atoms. The number of hydrogen-bond donors (Lipinski definition) is 2. The summed E-state index contributed by atoms with van der Waals surface area (Å²) in [7, 11) is 0. The first-order chi connectivity index (χ1) is 12.6. The summed E-state index contributed by atoms with van der Waals surface area (Å²) < 4.78 is 26.3. The van der Waals surface area contributed by atoms with E-state index in [9.17, 15) is 8.78 Å². The molecule has 0 aliphatic carbocycles. The van der Waals surface area contributed by atoms with E-state index in [4.69, 9.17) is 12.2 Å². The van der Waals surface area contributed by atoms with E-state index in [0.29, 0.717) is 17.2 Å². The van der Waals surface area contributed by atoms with Crippen molar-refractivity contribution in [1.29, 1.82) is 0 Å². The van der Waals surface area contributed by atoms with Crippen molar-refractivity contribution < 1.29 is 8.78 Å². The van der Waals surface area contributed by atoms with Gasteiger partial charge in [0.25, 0.3) is 0 Å². The molecule has 0 fully saturated rings. The Kier molecular flexibility index (Phi) is 5.92. The summed E-state index contributed by atoms with van der Waals surface area (Å²) >= 11 is 5.40. The quantitative estimate of drug-likeness (QED) is 0.638. The van der Waals surface area contributed by atoms with E-state index in [-0.39, 0.29) is 6.04 Å². The van der Waals surface area contributed by atoms with Gasteiger partial charge in [-0.1, -0.05) is 66.7 Å². The van der Waals surface area contributed by atoms with Crippen LogP contribution in [0.3, 0.4) is 0 Å². The van der Waals surface area contributed by atoms with Gasteiger partial charge in [0.05, 0.1) is 6.04 Å². The second-order valence-corrected chi connectivity index (χ2v) is 6.24. The summed E-state index contributed by atoms with van der Waals surface area (Å²) in [6.07, 6.45) is 0. The van der Waals surface area contributed by atoms with Gasteiger partial charge in [0.2, 0.25) is 0 Å². The highest BCUT2D eigenvalue weighted by atomic mass is 32.1. The Morgan fingerprint density at radius 3 is 1.92 bits per heavy atom. The second-order valence-electron chi connectivity index (χ2n) is 5.83. The van der Waals surface area contributed by atoms with Gasteiger partial charge in [-0.15, -0.1) is 0 Å². The molecule has 3 aromatic rings. The third-order valence-corrected chi connectivity index (χ3v) is 4.24. The van der Waals surface area contributed by atoms with Crippen LogP contribution in [0.15, 0.2) is 78.9 Å². The van der Waals surface area contributed by atoms with E-state index in [1.807, 2.05) is 60.7 Å². The first-order valence-electron chi connectivity index (χ1n) is 8.21. The van der Waals surface area contributed by atoms with Crippen LogP contribution in [0.1, 0.15) is 22.7 Å². The lowest BCUT2D eigenvalue weighted by molar-refractivity contribution is 0.507. The monoisotopic (exact) mass is 368 g/mol. The zero-order valence-electron chi connectivity index (χ0n) is 14.0. The predicted octanol–water partition coefficient (Wildman–Crippen LogP) is 4.72. The molecule has 0 aliphatic rings. The van der Waals surface area contributed by atoms with Gasteiger partial charge >= 0.3 is 0 Å². The topological polar surface area (TPSA) is 24.1 Å². The van der Waals surface area contributed by atoms with Crippen molar-refractivity contribution in [3.05, 3.63) is 107 Å². The lowest BCUT2D eigenvalue weighted by atomic mass is 9.99. The van der Waals surface area contributed by atoms with Crippen LogP contribution in [0.2, 0.25) is 0 Å². The maximum atomic E-state index is 13.3. The van der Waals surface area contributed by atoms with Crippen molar-refractivity contribution in [2.24, 2.45) is 0 Å². The zero-order chi connectivity index (χ0) is 18.4. The minimum absolute atomic E-state index is 0.109. The minimum Gasteiger partial charge on any atom is -0.359 e. The fourth-order valence-electron chi connectivity index (χ4n) is 2.66. The van der Waals surface area contributed by atoms with Crippen molar-refractivity contribution in [2.75, 3.05) is 0 Å². The van der Waals surface area contributed by atoms with E-state index < -0.39 is 11.6 Å². The molecule has 0 spiro atoms. The van der Waals surface area contributed by atoms with Crippen LogP contribution in [0.4, 0.5) is 8.78 Å². The van der Waals surface area contributed by atoms with Crippen LogP contribution < -0.4 is 10.6 Å². The lowest BCUT2D eigenvalue weighted by Gasteiger charge is -2.22. The molecule has 0 heterocycles.